The molecule has 1 N–H and O–H groups in total. The second kappa shape index (κ2) is 5.56. The van der Waals surface area contributed by atoms with E-state index in [2.05, 4.69) is 15.0 Å². The average molecular weight is 260 g/mol. The molecule has 1 atom stereocenters. The lowest BCUT2D eigenvalue weighted by atomic mass is 10.1. The van der Waals surface area contributed by atoms with Crippen molar-refractivity contribution in [2.24, 2.45) is 0 Å². The highest BCUT2D eigenvalue weighted by atomic mass is 16.5. The summed E-state index contributed by atoms with van der Waals surface area (Å²) in [6.45, 7) is 5.66. The van der Waals surface area contributed by atoms with Gasteiger partial charge in [-0.2, -0.15) is 0 Å². The molecule has 1 heterocycles. The Morgan fingerprint density at radius 2 is 2.00 bits per heavy atom. The summed E-state index contributed by atoms with van der Waals surface area (Å²) in [5.74, 6) is 0.786. The summed E-state index contributed by atoms with van der Waals surface area (Å²) in [5, 5.41) is 6.21. The molecule has 0 fully saturated rings. The summed E-state index contributed by atoms with van der Waals surface area (Å²) in [7, 11) is 0. The third kappa shape index (κ3) is 3.58. The van der Waals surface area contributed by atoms with Crippen LogP contribution in [0.3, 0.4) is 0 Å². The van der Waals surface area contributed by atoms with Gasteiger partial charge in [0, 0.05) is 6.07 Å². The van der Waals surface area contributed by atoms with E-state index in [0.29, 0.717) is 11.6 Å². The summed E-state index contributed by atoms with van der Waals surface area (Å²) in [4.78, 5) is 11.9. The molecule has 0 aliphatic heterocycles. The molecule has 1 unspecified atom stereocenters. The Bertz CT molecular complexity index is 544. The zero-order valence-corrected chi connectivity index (χ0v) is 11.1. The Morgan fingerprint density at radius 3 is 2.58 bits per heavy atom. The molecule has 0 spiro atoms. The lowest BCUT2D eigenvalue weighted by molar-refractivity contribution is -0.122. The second-order valence-electron chi connectivity index (χ2n) is 4.46. The maximum atomic E-state index is 11.9. The summed E-state index contributed by atoms with van der Waals surface area (Å²) in [6, 6.07) is 7.41. The van der Waals surface area contributed by atoms with Gasteiger partial charge < -0.3 is 14.6 Å². The van der Waals surface area contributed by atoms with Crippen LogP contribution in [0.25, 0.3) is 0 Å². The predicted octanol–water partition coefficient (Wildman–Crippen LogP) is 2.70. The smallest absolute Gasteiger partial charge is 0.266 e. The van der Waals surface area contributed by atoms with Crippen LogP contribution in [0.1, 0.15) is 18.1 Å². The molecule has 0 saturated carbocycles. The summed E-state index contributed by atoms with van der Waals surface area (Å²) in [6.07, 6.45) is 0.781. The number of nitrogens with zero attached hydrogens (tertiary/aromatic N) is 1. The minimum atomic E-state index is -0.613. The first-order chi connectivity index (χ1) is 9.04. The molecule has 1 aromatic carbocycles. The van der Waals surface area contributed by atoms with E-state index < -0.39 is 6.10 Å². The van der Waals surface area contributed by atoms with Crippen LogP contribution in [0, 0.1) is 13.8 Å². The van der Waals surface area contributed by atoms with Gasteiger partial charge in [-0.3, -0.25) is 4.79 Å². The lowest BCUT2D eigenvalue weighted by Gasteiger charge is -2.14. The molecule has 0 saturated heterocycles. The van der Waals surface area contributed by atoms with E-state index >= 15 is 0 Å². The predicted molar refractivity (Wildman–Crippen MR) is 71.1 cm³/mol. The summed E-state index contributed by atoms with van der Waals surface area (Å²) < 4.78 is 10.3. The molecule has 1 aromatic heterocycles. The normalized spacial score (nSPS) is 11.9. The topological polar surface area (TPSA) is 64.4 Å². The van der Waals surface area contributed by atoms with Gasteiger partial charge in [-0.1, -0.05) is 11.2 Å². The number of nitrogens with one attached hydrogen (secondary N) is 1. The number of anilines is 1. The molecule has 2 aromatic rings. The molecule has 2 rings (SSSR count). The van der Waals surface area contributed by atoms with Gasteiger partial charge in [-0.15, -0.1) is 0 Å². The Balaban J connectivity index is 2.00. The van der Waals surface area contributed by atoms with Crippen molar-refractivity contribution in [2.45, 2.75) is 26.9 Å². The van der Waals surface area contributed by atoms with Gasteiger partial charge in [0.1, 0.15) is 12.0 Å². The van der Waals surface area contributed by atoms with Crippen LogP contribution in [0.4, 0.5) is 5.82 Å². The van der Waals surface area contributed by atoms with Gasteiger partial charge in [-0.05, 0) is 44.0 Å². The minimum absolute atomic E-state index is 0.270. The Kier molecular flexibility index (Phi) is 3.85. The average Bonchev–Trinajstić information content (AvgIpc) is 2.80. The molecule has 19 heavy (non-hydrogen) atoms. The molecule has 1 amide bonds. The first-order valence-corrected chi connectivity index (χ1v) is 6.01. The van der Waals surface area contributed by atoms with E-state index in [1.165, 1.54) is 6.26 Å². The van der Waals surface area contributed by atoms with Gasteiger partial charge in [0.15, 0.2) is 11.9 Å². The number of carbonyl (C=O) groups is 1. The molecule has 0 aliphatic rings. The van der Waals surface area contributed by atoms with E-state index in [4.69, 9.17) is 4.74 Å². The quantitative estimate of drug-likeness (QED) is 0.918. The van der Waals surface area contributed by atoms with E-state index in [-0.39, 0.29) is 5.91 Å². The molecule has 0 bridgehead atoms. The van der Waals surface area contributed by atoms with E-state index in [0.717, 1.165) is 11.1 Å². The first-order valence-electron chi connectivity index (χ1n) is 6.01. The van der Waals surface area contributed by atoms with Crippen molar-refractivity contribution in [2.75, 3.05) is 5.32 Å². The number of ether oxygens (including phenoxy) is 1. The summed E-state index contributed by atoms with van der Waals surface area (Å²) >= 11 is 0. The highest BCUT2D eigenvalue weighted by Gasteiger charge is 2.16. The first kappa shape index (κ1) is 13.1. The van der Waals surface area contributed by atoms with E-state index in [9.17, 15) is 4.79 Å². The number of aryl methyl sites for hydroxylation is 2. The largest absolute Gasteiger partial charge is 0.481 e. The molecule has 5 heteroatoms. The van der Waals surface area contributed by atoms with Gasteiger partial charge in [0.2, 0.25) is 0 Å². The minimum Gasteiger partial charge on any atom is -0.481 e. The van der Waals surface area contributed by atoms with Crippen molar-refractivity contribution in [1.29, 1.82) is 0 Å². The maximum absolute atomic E-state index is 11.9. The van der Waals surface area contributed by atoms with Crippen molar-refractivity contribution >= 4 is 11.7 Å². The Morgan fingerprint density at radius 1 is 1.32 bits per heavy atom. The fourth-order valence-corrected chi connectivity index (χ4v) is 1.76. The second-order valence-corrected chi connectivity index (χ2v) is 4.46. The number of amides is 1. The van der Waals surface area contributed by atoms with Crippen LogP contribution in [-0.4, -0.2) is 17.2 Å². The molecule has 0 aliphatic carbocycles. The molecule has 0 radical (unpaired) electrons. The Labute approximate surface area is 111 Å². The van der Waals surface area contributed by atoms with Crippen molar-refractivity contribution in [3.8, 4) is 5.75 Å². The highest BCUT2D eigenvalue weighted by molar-refractivity contribution is 5.93. The maximum Gasteiger partial charge on any atom is 0.266 e. The van der Waals surface area contributed by atoms with Crippen LogP contribution >= 0.6 is 0 Å². The van der Waals surface area contributed by atoms with Crippen molar-refractivity contribution in [3.05, 3.63) is 41.7 Å². The number of carbonyl (C=O) groups excluding carboxylic acids is 1. The van der Waals surface area contributed by atoms with E-state index in [1.54, 1.807) is 13.0 Å². The Hall–Kier alpha value is -2.30. The molecule has 5 nitrogen and oxygen atoms in total. The SMILES string of the molecule is Cc1cc(C)cc(OC(C)C(=O)Nc2ccon2)c1. The van der Waals surface area contributed by atoms with Crippen LogP contribution < -0.4 is 10.1 Å². The van der Waals surface area contributed by atoms with Gasteiger partial charge in [0.25, 0.3) is 5.91 Å². The molecular formula is C14H16N2O3. The third-order valence-corrected chi connectivity index (χ3v) is 2.57. The number of aromatic nitrogens is 1. The van der Waals surface area contributed by atoms with Crippen LogP contribution in [0.15, 0.2) is 35.1 Å². The van der Waals surface area contributed by atoms with Crippen molar-refractivity contribution < 1.29 is 14.1 Å². The van der Waals surface area contributed by atoms with Crippen molar-refractivity contribution in [3.63, 3.8) is 0 Å². The third-order valence-electron chi connectivity index (χ3n) is 2.57. The highest BCUT2D eigenvalue weighted by Crippen LogP contribution is 2.18. The van der Waals surface area contributed by atoms with Crippen LogP contribution in [-0.2, 0) is 4.79 Å². The number of rotatable bonds is 4. The lowest BCUT2D eigenvalue weighted by Crippen LogP contribution is -2.30. The van der Waals surface area contributed by atoms with Crippen LogP contribution in [0.5, 0.6) is 5.75 Å². The zero-order chi connectivity index (χ0) is 13.8. The number of benzene rings is 1. The van der Waals surface area contributed by atoms with Gasteiger partial charge in [0.05, 0.1) is 0 Å². The molecular weight excluding hydrogens is 244 g/mol. The fourth-order valence-electron chi connectivity index (χ4n) is 1.76. The van der Waals surface area contributed by atoms with E-state index in [1.807, 2.05) is 32.0 Å². The van der Waals surface area contributed by atoms with Gasteiger partial charge >= 0.3 is 0 Å². The standard InChI is InChI=1S/C14H16N2O3/c1-9-6-10(2)8-12(7-9)19-11(3)14(17)15-13-4-5-18-16-13/h4-8,11H,1-3H3,(H,15,16,17). The van der Waals surface area contributed by atoms with Crippen molar-refractivity contribution in [1.82, 2.24) is 5.16 Å². The molecule has 100 valence electrons. The number of hydrogen-bond donors (Lipinski definition) is 1. The summed E-state index contributed by atoms with van der Waals surface area (Å²) in [5.41, 5.74) is 2.19. The fraction of sp³-hybridized carbons (Fsp3) is 0.286. The van der Waals surface area contributed by atoms with Crippen LogP contribution in [0.2, 0.25) is 0 Å². The zero-order valence-electron chi connectivity index (χ0n) is 11.1. The monoisotopic (exact) mass is 260 g/mol. The number of hydrogen-bond acceptors (Lipinski definition) is 4. The van der Waals surface area contributed by atoms with Gasteiger partial charge in [-0.25, -0.2) is 0 Å².